The Morgan fingerprint density at radius 3 is 1.70 bits per heavy atom. The van der Waals surface area contributed by atoms with Gasteiger partial charge in [0.05, 0.1) is 19.3 Å². The summed E-state index contributed by atoms with van der Waals surface area (Å²) in [5, 5.41) is 18.7. The Morgan fingerprint density at radius 2 is 1.11 bits per heavy atom. The first kappa shape index (κ1) is 59.6. The molecule has 0 saturated carbocycles. The number of hydrogen-bond donors (Lipinski definition) is 4. The van der Waals surface area contributed by atoms with E-state index < -0.39 is 63.8 Å². The lowest BCUT2D eigenvalue weighted by atomic mass is 10.1. The van der Waals surface area contributed by atoms with Gasteiger partial charge in [0, 0.05) is 12.8 Å². The van der Waals surface area contributed by atoms with Gasteiger partial charge in [0.1, 0.15) is 12.6 Å². The van der Waals surface area contributed by atoms with Crippen LogP contribution in [0.15, 0.2) is 85.1 Å². The highest BCUT2D eigenvalue weighted by Gasteiger charge is 2.28. The van der Waals surface area contributed by atoms with Crippen molar-refractivity contribution in [2.75, 3.05) is 19.8 Å². The van der Waals surface area contributed by atoms with Gasteiger partial charge in [-0.3, -0.25) is 23.4 Å². The average molecular weight is 906 g/mol. The van der Waals surface area contributed by atoms with E-state index in [4.69, 9.17) is 24.8 Å². The average Bonchev–Trinajstić information content (AvgIpc) is 3.25. The molecule has 0 aliphatic heterocycles. The fraction of sp³-hybridized carbons (Fsp3) is 0.660. The number of rotatable bonds is 43. The molecule has 0 aromatic heterocycles. The molecule has 0 aliphatic carbocycles. The zero-order valence-electron chi connectivity index (χ0n) is 38.7. The summed E-state index contributed by atoms with van der Waals surface area (Å²) in [4.78, 5) is 46.1. The minimum absolute atomic E-state index is 0.0768. The summed E-state index contributed by atoms with van der Waals surface area (Å²) in [7, 11) is -4.75. The number of nitrogens with two attached hydrogens (primary N) is 1. The minimum atomic E-state index is -4.75. The van der Waals surface area contributed by atoms with Gasteiger partial charge in [0.2, 0.25) is 0 Å². The molecular weight excluding hydrogens is 822 g/mol. The highest BCUT2D eigenvalue weighted by atomic mass is 31.2. The molecule has 0 amide bonds. The molecule has 12 nitrogen and oxygen atoms in total. The van der Waals surface area contributed by atoms with Crippen molar-refractivity contribution in [3.63, 3.8) is 0 Å². The summed E-state index contributed by atoms with van der Waals surface area (Å²) < 4.78 is 32.7. The van der Waals surface area contributed by atoms with Crippen molar-refractivity contribution in [1.29, 1.82) is 0 Å². The van der Waals surface area contributed by atoms with Gasteiger partial charge in [-0.15, -0.1) is 0 Å². The maximum Gasteiger partial charge on any atom is 0.472 e. The second-order valence-electron chi connectivity index (χ2n) is 15.7. The molecular formula is C50H84NO11P. The van der Waals surface area contributed by atoms with Gasteiger partial charge in [-0.25, -0.2) is 4.57 Å². The number of aliphatic hydroxyl groups is 1. The zero-order chi connectivity index (χ0) is 46.5. The topological polar surface area (TPSA) is 192 Å². The first-order chi connectivity index (χ1) is 30.5. The molecule has 0 aliphatic rings. The maximum atomic E-state index is 12.7. The number of carbonyl (C=O) groups is 3. The van der Waals surface area contributed by atoms with E-state index in [-0.39, 0.29) is 12.8 Å². The lowest BCUT2D eigenvalue weighted by molar-refractivity contribution is -0.161. The van der Waals surface area contributed by atoms with Crippen molar-refractivity contribution in [2.24, 2.45) is 5.73 Å². The molecule has 0 fully saturated rings. The van der Waals surface area contributed by atoms with E-state index in [0.29, 0.717) is 25.7 Å². The van der Waals surface area contributed by atoms with Crippen LogP contribution >= 0.6 is 7.82 Å². The van der Waals surface area contributed by atoms with E-state index in [1.54, 1.807) is 6.08 Å². The number of unbranched alkanes of at least 4 members (excludes halogenated alkanes) is 15. The molecule has 0 radical (unpaired) electrons. The van der Waals surface area contributed by atoms with Gasteiger partial charge in [0.15, 0.2) is 6.10 Å². The smallest absolute Gasteiger partial charge is 0.472 e. The van der Waals surface area contributed by atoms with Crippen LogP contribution < -0.4 is 5.73 Å². The Bertz CT molecular complexity index is 1400. The van der Waals surface area contributed by atoms with Crippen LogP contribution in [0.1, 0.15) is 174 Å². The SMILES string of the molecule is CC/C=C\CC(O)/C=C/C=C/C/C=C\C/C=C\C/C=C\CCC(=O)OC[C@H](COP(=O)(O)OC[C@H](N)C(=O)O)OC(=O)CCCCCCCCCCC/C=C\CCCCCCCC. The molecule has 4 atom stereocenters. The normalized spacial score (nSPS) is 14.9. The predicted octanol–water partition coefficient (Wildman–Crippen LogP) is 12.0. The second kappa shape index (κ2) is 43.9. The summed E-state index contributed by atoms with van der Waals surface area (Å²) in [6, 6.07) is -1.54. The van der Waals surface area contributed by atoms with Crippen molar-refractivity contribution in [3.05, 3.63) is 85.1 Å². The van der Waals surface area contributed by atoms with Gasteiger partial charge in [-0.2, -0.15) is 0 Å². The van der Waals surface area contributed by atoms with Crippen molar-refractivity contribution < 1.29 is 52.6 Å². The summed E-state index contributed by atoms with van der Waals surface area (Å²) in [6.45, 7) is 2.51. The molecule has 0 aromatic rings. The molecule has 0 aromatic carbocycles. The molecule has 360 valence electrons. The number of hydrogen-bond acceptors (Lipinski definition) is 10. The zero-order valence-corrected chi connectivity index (χ0v) is 39.6. The van der Waals surface area contributed by atoms with E-state index in [2.05, 4.69) is 48.8 Å². The highest BCUT2D eigenvalue weighted by molar-refractivity contribution is 7.47. The molecule has 2 unspecified atom stereocenters. The Balaban J connectivity index is 4.46. The van der Waals surface area contributed by atoms with Crippen LogP contribution in [0.2, 0.25) is 0 Å². The molecule has 63 heavy (non-hydrogen) atoms. The lowest BCUT2D eigenvalue weighted by Gasteiger charge is -2.20. The second-order valence-corrected chi connectivity index (χ2v) is 17.2. The fourth-order valence-electron chi connectivity index (χ4n) is 5.99. The Morgan fingerprint density at radius 1 is 0.587 bits per heavy atom. The summed E-state index contributed by atoms with van der Waals surface area (Å²) in [5.74, 6) is -2.52. The standard InChI is InChI=1S/C50H84NO11P/c1-3-5-7-8-9-10-11-12-13-14-15-16-17-20-24-27-30-33-37-41-49(54)62-46(43-60-63(57,58)61-44-47(51)50(55)56)42-59-48(53)40-36-32-29-26-23-21-18-19-22-25-28-31-35-39-45(52)38-34-6-4-2/h6,12-13,19,21-23,28-29,31-32,34-35,39,45-47,52H,3-5,7-11,14-18,20,24-27,30,33,36-38,40-44,51H2,1-2H3,(H,55,56)(H,57,58)/b13-12-,22-19-,23-21-,31-28+,32-29-,34-6-,39-35+/t45?,46-,47+/m1/s1. The Labute approximate surface area is 380 Å². The maximum absolute atomic E-state index is 12.7. The van der Waals surface area contributed by atoms with Crippen LogP contribution in [0.3, 0.4) is 0 Å². The van der Waals surface area contributed by atoms with Gasteiger partial charge in [-0.05, 0) is 70.6 Å². The Kier molecular flexibility index (Phi) is 41.5. The van der Waals surface area contributed by atoms with Crippen LogP contribution in [-0.2, 0) is 37.5 Å². The highest BCUT2D eigenvalue weighted by Crippen LogP contribution is 2.43. The third kappa shape index (κ3) is 43.6. The summed E-state index contributed by atoms with van der Waals surface area (Å²) in [6.07, 6.45) is 51.3. The molecule has 0 heterocycles. The largest absolute Gasteiger partial charge is 0.480 e. The fourth-order valence-corrected chi connectivity index (χ4v) is 6.77. The number of phosphoric acid groups is 1. The molecule has 5 N–H and O–H groups in total. The number of aliphatic hydroxyl groups excluding tert-OH is 1. The van der Waals surface area contributed by atoms with Crippen LogP contribution in [0, 0.1) is 0 Å². The minimum Gasteiger partial charge on any atom is -0.480 e. The number of esters is 2. The van der Waals surface area contributed by atoms with E-state index in [1.165, 1.54) is 77.0 Å². The number of carbonyl (C=O) groups excluding carboxylic acids is 2. The number of ether oxygens (including phenoxy) is 2. The quantitative estimate of drug-likeness (QED) is 0.0149. The first-order valence-corrected chi connectivity index (χ1v) is 25.2. The molecule has 0 spiro atoms. The third-order valence-electron chi connectivity index (χ3n) is 9.72. The number of aliphatic carboxylic acids is 1. The lowest BCUT2D eigenvalue weighted by Crippen LogP contribution is -2.34. The van der Waals surface area contributed by atoms with Gasteiger partial charge in [-0.1, -0.05) is 176 Å². The van der Waals surface area contributed by atoms with Crippen molar-refractivity contribution in [2.45, 2.75) is 193 Å². The van der Waals surface area contributed by atoms with Crippen LogP contribution in [0.25, 0.3) is 0 Å². The van der Waals surface area contributed by atoms with Gasteiger partial charge < -0.3 is 30.3 Å². The van der Waals surface area contributed by atoms with Crippen molar-refractivity contribution >= 4 is 25.7 Å². The number of carboxylic acids is 1. The van der Waals surface area contributed by atoms with E-state index >= 15 is 0 Å². The van der Waals surface area contributed by atoms with E-state index in [0.717, 1.165) is 44.9 Å². The number of carboxylic acid groups (broad SMARTS) is 1. The summed E-state index contributed by atoms with van der Waals surface area (Å²) in [5.41, 5.74) is 5.34. The third-order valence-corrected chi connectivity index (χ3v) is 10.7. The monoisotopic (exact) mass is 906 g/mol. The van der Waals surface area contributed by atoms with E-state index in [1.807, 2.05) is 48.6 Å². The molecule has 13 heteroatoms. The molecule has 0 rings (SSSR count). The molecule has 0 bridgehead atoms. The van der Waals surface area contributed by atoms with Crippen LogP contribution in [-0.4, -0.2) is 71.1 Å². The summed E-state index contributed by atoms with van der Waals surface area (Å²) >= 11 is 0. The first-order valence-electron chi connectivity index (χ1n) is 23.7. The van der Waals surface area contributed by atoms with Gasteiger partial charge in [0.25, 0.3) is 0 Å². The molecule has 0 saturated heterocycles. The van der Waals surface area contributed by atoms with Crippen LogP contribution in [0.4, 0.5) is 0 Å². The number of allylic oxidation sites excluding steroid dienone is 12. The van der Waals surface area contributed by atoms with Gasteiger partial charge >= 0.3 is 25.7 Å². The Hall–Kier alpha value is -3.38. The van der Waals surface area contributed by atoms with Crippen molar-refractivity contribution in [3.8, 4) is 0 Å². The van der Waals surface area contributed by atoms with Crippen molar-refractivity contribution in [1.82, 2.24) is 0 Å². The number of phosphoric ester groups is 1. The van der Waals surface area contributed by atoms with Crippen LogP contribution in [0.5, 0.6) is 0 Å². The van der Waals surface area contributed by atoms with E-state index in [9.17, 15) is 28.9 Å². The predicted molar refractivity (Wildman–Crippen MR) is 255 cm³/mol.